The van der Waals surface area contributed by atoms with Gasteiger partial charge in [-0.3, -0.25) is 4.79 Å². The molecule has 0 bridgehead atoms. The van der Waals surface area contributed by atoms with E-state index in [1.807, 2.05) is 34.5 Å². The van der Waals surface area contributed by atoms with E-state index in [9.17, 15) is 4.79 Å². The zero-order chi connectivity index (χ0) is 16.8. The lowest BCUT2D eigenvalue weighted by atomic mass is 10.2. The smallest absolute Gasteiger partial charge is 0.277 e. The highest BCUT2D eigenvalue weighted by Gasteiger charge is 2.22. The number of carbonyl (C=O) groups excluding carboxylic acids is 1. The number of hydrogen-bond donors (Lipinski definition) is 1. The first-order valence-electron chi connectivity index (χ1n) is 8.27. The second-order valence-electron chi connectivity index (χ2n) is 5.84. The summed E-state index contributed by atoms with van der Waals surface area (Å²) in [5, 5.41) is 1.98. The quantitative estimate of drug-likeness (QED) is 0.847. The van der Waals surface area contributed by atoms with Crippen LogP contribution >= 0.6 is 0 Å². The molecule has 1 aliphatic rings. The topological polar surface area (TPSA) is 62.5 Å². The van der Waals surface area contributed by atoms with Gasteiger partial charge in [0.25, 0.3) is 5.91 Å². The van der Waals surface area contributed by atoms with Gasteiger partial charge in [-0.25, -0.2) is 0 Å². The van der Waals surface area contributed by atoms with Gasteiger partial charge in [-0.1, -0.05) is 0 Å². The van der Waals surface area contributed by atoms with Crippen LogP contribution in [0.2, 0.25) is 0 Å². The van der Waals surface area contributed by atoms with E-state index < -0.39 is 0 Å². The number of ether oxygens (including phenoxy) is 1. The highest BCUT2D eigenvalue weighted by atomic mass is 16.5. The molecule has 3 rings (SSSR count). The van der Waals surface area contributed by atoms with Crippen LogP contribution < -0.4 is 15.0 Å². The van der Waals surface area contributed by atoms with Crippen LogP contribution in [0.25, 0.3) is 0 Å². The Kier molecular flexibility index (Phi) is 5.38. The fourth-order valence-corrected chi connectivity index (χ4v) is 2.90. The number of methoxy groups -OCH3 is 1. The summed E-state index contributed by atoms with van der Waals surface area (Å²) in [6.45, 7) is 4.40. The molecule has 1 aromatic heterocycles. The molecule has 1 fully saturated rings. The summed E-state index contributed by atoms with van der Waals surface area (Å²) < 4.78 is 10.5. The van der Waals surface area contributed by atoms with Crippen molar-refractivity contribution in [2.45, 2.75) is 6.54 Å². The van der Waals surface area contributed by atoms with E-state index in [2.05, 4.69) is 17.0 Å². The Morgan fingerprint density at radius 3 is 2.54 bits per heavy atom. The molecule has 24 heavy (non-hydrogen) atoms. The van der Waals surface area contributed by atoms with E-state index >= 15 is 0 Å². The minimum absolute atomic E-state index is 0.191. The Morgan fingerprint density at radius 1 is 1.17 bits per heavy atom. The number of hydrogen-bond acceptors (Lipinski definition) is 4. The van der Waals surface area contributed by atoms with Crippen molar-refractivity contribution in [1.82, 2.24) is 4.90 Å². The van der Waals surface area contributed by atoms with Crippen LogP contribution in [-0.4, -0.2) is 50.6 Å². The third-order valence-corrected chi connectivity index (χ3v) is 4.31. The third-order valence-electron chi connectivity index (χ3n) is 4.31. The van der Waals surface area contributed by atoms with Crippen molar-refractivity contribution in [2.24, 2.45) is 0 Å². The Morgan fingerprint density at radius 2 is 1.92 bits per heavy atom. The first kappa shape index (κ1) is 16.4. The standard InChI is InChI=1S/C18H23N3O3/c1-23-16-6-4-15(5-7-16)20-8-10-21(11-9-20)18(22)14-19-13-17-3-2-12-24-17/h2-7,12,19H,8-11,13-14H2,1H3/p+1. The Balaban J connectivity index is 1.43. The maximum Gasteiger partial charge on any atom is 0.277 e. The lowest BCUT2D eigenvalue weighted by Crippen LogP contribution is -2.85. The van der Waals surface area contributed by atoms with Gasteiger partial charge in [-0.2, -0.15) is 0 Å². The molecule has 6 nitrogen and oxygen atoms in total. The summed E-state index contributed by atoms with van der Waals surface area (Å²) in [5.41, 5.74) is 1.17. The van der Waals surface area contributed by atoms with Crippen molar-refractivity contribution in [3.63, 3.8) is 0 Å². The van der Waals surface area contributed by atoms with Crippen LogP contribution in [0.15, 0.2) is 47.1 Å². The molecule has 1 amide bonds. The molecule has 2 N–H and O–H groups in total. The van der Waals surface area contributed by atoms with Gasteiger partial charge in [0.15, 0.2) is 12.3 Å². The number of rotatable bonds is 6. The normalized spacial score (nSPS) is 14.7. The molecule has 1 aromatic carbocycles. The third kappa shape index (κ3) is 4.08. The molecule has 2 heterocycles. The van der Waals surface area contributed by atoms with Crippen LogP contribution in [-0.2, 0) is 11.3 Å². The van der Waals surface area contributed by atoms with Crippen molar-refractivity contribution in [1.29, 1.82) is 0 Å². The Bertz CT molecular complexity index is 632. The molecule has 0 radical (unpaired) electrons. The summed E-state index contributed by atoms with van der Waals surface area (Å²) in [6.07, 6.45) is 1.66. The molecule has 128 valence electrons. The van der Waals surface area contributed by atoms with Crippen LogP contribution in [0, 0.1) is 0 Å². The van der Waals surface area contributed by atoms with Crippen molar-refractivity contribution in [2.75, 3.05) is 44.7 Å². The minimum atomic E-state index is 0.191. The summed E-state index contributed by atoms with van der Waals surface area (Å²) in [7, 11) is 1.67. The van der Waals surface area contributed by atoms with Crippen molar-refractivity contribution in [3.05, 3.63) is 48.4 Å². The zero-order valence-electron chi connectivity index (χ0n) is 14.0. The highest BCUT2D eigenvalue weighted by molar-refractivity contribution is 5.77. The number of amides is 1. The van der Waals surface area contributed by atoms with E-state index in [-0.39, 0.29) is 5.91 Å². The minimum Gasteiger partial charge on any atom is -0.497 e. The lowest BCUT2D eigenvalue weighted by molar-refractivity contribution is -0.662. The summed E-state index contributed by atoms with van der Waals surface area (Å²) in [4.78, 5) is 16.5. The zero-order valence-corrected chi connectivity index (χ0v) is 14.0. The molecule has 0 aliphatic carbocycles. The number of benzene rings is 1. The van der Waals surface area contributed by atoms with E-state index in [0.717, 1.165) is 37.7 Å². The number of nitrogens with zero attached hydrogens (tertiary/aromatic N) is 2. The molecule has 0 unspecified atom stereocenters. The monoisotopic (exact) mass is 330 g/mol. The Hall–Kier alpha value is -2.47. The van der Waals surface area contributed by atoms with Gasteiger partial charge in [0.05, 0.1) is 13.4 Å². The maximum atomic E-state index is 12.3. The molecule has 6 heteroatoms. The fraction of sp³-hybridized carbons (Fsp3) is 0.389. The average Bonchev–Trinajstić information content (AvgIpc) is 3.15. The van der Waals surface area contributed by atoms with Gasteiger partial charge in [0.1, 0.15) is 12.3 Å². The predicted octanol–water partition coefficient (Wildman–Crippen LogP) is 0.700. The van der Waals surface area contributed by atoms with Crippen LogP contribution in [0.5, 0.6) is 5.75 Å². The maximum absolute atomic E-state index is 12.3. The number of piperazine rings is 1. The van der Waals surface area contributed by atoms with E-state index in [1.54, 1.807) is 13.4 Å². The van der Waals surface area contributed by atoms with Crippen molar-refractivity contribution >= 4 is 11.6 Å². The van der Waals surface area contributed by atoms with Crippen LogP contribution in [0.1, 0.15) is 5.76 Å². The Labute approximate surface area is 142 Å². The van der Waals surface area contributed by atoms with Gasteiger partial charge in [-0.15, -0.1) is 0 Å². The number of furan rings is 1. The van der Waals surface area contributed by atoms with Gasteiger partial charge >= 0.3 is 0 Å². The molecular weight excluding hydrogens is 306 g/mol. The van der Waals surface area contributed by atoms with Crippen LogP contribution in [0.3, 0.4) is 0 Å². The number of anilines is 1. The van der Waals surface area contributed by atoms with Crippen LogP contribution in [0.4, 0.5) is 5.69 Å². The van der Waals surface area contributed by atoms with Crippen molar-refractivity contribution in [3.8, 4) is 5.75 Å². The number of quaternary nitrogens is 1. The average molecular weight is 330 g/mol. The van der Waals surface area contributed by atoms with Crippen molar-refractivity contribution < 1.29 is 19.3 Å². The second-order valence-corrected chi connectivity index (χ2v) is 5.84. The fourth-order valence-electron chi connectivity index (χ4n) is 2.90. The lowest BCUT2D eigenvalue weighted by Gasteiger charge is -2.35. The highest BCUT2D eigenvalue weighted by Crippen LogP contribution is 2.20. The second kappa shape index (κ2) is 7.88. The largest absolute Gasteiger partial charge is 0.497 e. The number of carbonyl (C=O) groups is 1. The van der Waals surface area contributed by atoms with Gasteiger partial charge in [-0.05, 0) is 36.4 Å². The number of nitrogens with two attached hydrogens (primary N) is 1. The summed E-state index contributed by atoms with van der Waals surface area (Å²) in [5.74, 6) is 1.95. The summed E-state index contributed by atoms with van der Waals surface area (Å²) >= 11 is 0. The first-order valence-corrected chi connectivity index (χ1v) is 8.27. The molecule has 0 spiro atoms. The predicted molar refractivity (Wildman–Crippen MR) is 91.0 cm³/mol. The van der Waals surface area contributed by atoms with Gasteiger partial charge < -0.3 is 24.3 Å². The van der Waals surface area contributed by atoms with Gasteiger partial charge in [0.2, 0.25) is 0 Å². The molecule has 2 aromatic rings. The summed E-state index contributed by atoms with van der Waals surface area (Å²) in [6, 6.07) is 11.9. The molecule has 0 saturated carbocycles. The van der Waals surface area contributed by atoms with Gasteiger partial charge in [0, 0.05) is 31.9 Å². The molecule has 0 atom stereocenters. The van der Waals surface area contributed by atoms with E-state index in [1.165, 1.54) is 5.69 Å². The van der Waals surface area contributed by atoms with E-state index in [0.29, 0.717) is 13.1 Å². The SMILES string of the molecule is COc1ccc(N2CCN(C(=O)C[NH2+]Cc3ccco3)CC2)cc1. The van der Waals surface area contributed by atoms with E-state index in [4.69, 9.17) is 9.15 Å². The molecule has 1 aliphatic heterocycles. The first-order chi connectivity index (χ1) is 11.8. The molecular formula is C18H24N3O3+. The molecule has 1 saturated heterocycles.